The van der Waals surface area contributed by atoms with E-state index in [9.17, 15) is 4.79 Å². The molecule has 5 rings (SSSR count). The molecule has 3 aliphatic rings. The largest absolute Gasteiger partial charge is 0.339 e. The molecule has 2 aromatic carbocycles. The first-order valence-corrected chi connectivity index (χ1v) is 12.5. The van der Waals surface area contributed by atoms with Gasteiger partial charge in [-0.25, -0.2) is 0 Å². The Hall–Kier alpha value is -2.33. The van der Waals surface area contributed by atoms with Crippen molar-refractivity contribution in [1.82, 2.24) is 9.80 Å². The van der Waals surface area contributed by atoms with Gasteiger partial charge < -0.3 is 9.80 Å². The summed E-state index contributed by atoms with van der Waals surface area (Å²) in [6, 6.07) is 22.5. The number of likely N-dealkylation sites (tertiary alicyclic amines) is 1. The van der Waals surface area contributed by atoms with Crippen LogP contribution in [-0.2, 0) is 4.79 Å². The first-order valence-electron chi connectivity index (χ1n) is 12.5. The second kappa shape index (κ2) is 8.90. The van der Waals surface area contributed by atoms with Crippen molar-refractivity contribution in [1.29, 1.82) is 0 Å². The number of amides is 1. The zero-order valence-electron chi connectivity index (χ0n) is 19.6. The number of carbonyl (C=O) groups is 1. The molecule has 1 saturated carbocycles. The lowest BCUT2D eigenvalue weighted by molar-refractivity contribution is -0.135. The Morgan fingerprint density at radius 2 is 1.50 bits per heavy atom. The fraction of sp³-hybridized carbons (Fsp3) is 0.536. The third-order valence-corrected chi connectivity index (χ3v) is 8.21. The molecule has 3 fully saturated rings. The third-order valence-electron chi connectivity index (χ3n) is 8.21. The quantitative estimate of drug-likeness (QED) is 0.660. The molecular formula is C28H37N3O. The molecular weight excluding hydrogens is 394 g/mol. The van der Waals surface area contributed by atoms with Crippen LogP contribution in [0.25, 0.3) is 0 Å². The SMILES string of the molecule is CC(C)N1CN(c2ccccc2)C2(CCN([C@@H]3CCCC[C@@H]3c3ccccc3)CC2)C1=O. The number of hydrogen-bond acceptors (Lipinski definition) is 3. The van der Waals surface area contributed by atoms with E-state index in [4.69, 9.17) is 0 Å². The van der Waals surface area contributed by atoms with Crippen molar-refractivity contribution in [3.8, 4) is 0 Å². The van der Waals surface area contributed by atoms with Crippen LogP contribution >= 0.6 is 0 Å². The molecule has 0 N–H and O–H groups in total. The number of hydrogen-bond donors (Lipinski definition) is 0. The number of nitrogens with zero attached hydrogens (tertiary/aromatic N) is 3. The lowest BCUT2D eigenvalue weighted by Gasteiger charge is -2.48. The van der Waals surface area contributed by atoms with Crippen LogP contribution in [-0.4, -0.2) is 53.1 Å². The average Bonchev–Trinajstić information content (AvgIpc) is 3.13. The molecule has 0 unspecified atom stereocenters. The van der Waals surface area contributed by atoms with Gasteiger partial charge in [0.25, 0.3) is 0 Å². The van der Waals surface area contributed by atoms with E-state index in [0.29, 0.717) is 24.5 Å². The monoisotopic (exact) mass is 431 g/mol. The summed E-state index contributed by atoms with van der Waals surface area (Å²) in [5.41, 5.74) is 2.28. The van der Waals surface area contributed by atoms with Gasteiger partial charge in [0.05, 0.1) is 6.67 Å². The second-order valence-electron chi connectivity index (χ2n) is 10.2. The van der Waals surface area contributed by atoms with Gasteiger partial charge in [0.2, 0.25) is 5.91 Å². The Balaban J connectivity index is 1.38. The Labute approximate surface area is 193 Å². The highest BCUT2D eigenvalue weighted by Gasteiger charge is 2.54. The highest BCUT2D eigenvalue weighted by Crippen LogP contribution is 2.43. The predicted octanol–water partition coefficient (Wildman–Crippen LogP) is 5.26. The van der Waals surface area contributed by atoms with Crippen molar-refractivity contribution in [2.75, 3.05) is 24.7 Å². The van der Waals surface area contributed by atoms with E-state index in [1.807, 2.05) is 0 Å². The molecule has 2 saturated heterocycles. The smallest absolute Gasteiger partial charge is 0.250 e. The zero-order valence-corrected chi connectivity index (χ0v) is 19.6. The third kappa shape index (κ3) is 3.73. The van der Waals surface area contributed by atoms with E-state index >= 15 is 0 Å². The molecule has 2 aromatic rings. The lowest BCUT2D eigenvalue weighted by Crippen LogP contribution is -2.58. The highest BCUT2D eigenvalue weighted by molar-refractivity contribution is 5.93. The van der Waals surface area contributed by atoms with Crippen molar-refractivity contribution >= 4 is 11.6 Å². The molecule has 2 heterocycles. The summed E-state index contributed by atoms with van der Waals surface area (Å²) >= 11 is 0. The lowest BCUT2D eigenvalue weighted by atomic mass is 9.77. The van der Waals surface area contributed by atoms with Crippen molar-refractivity contribution < 1.29 is 4.79 Å². The standard InChI is InChI=1S/C28H37N3O/c1-22(2)30-21-31(24-13-7-4-8-14-24)28(27(30)32)17-19-29(20-18-28)26-16-10-9-15-25(26)23-11-5-3-6-12-23/h3-8,11-14,22,25-26H,9-10,15-21H2,1-2H3/t25-,26-/m1/s1. The molecule has 2 aliphatic heterocycles. The second-order valence-corrected chi connectivity index (χ2v) is 10.2. The first kappa shape index (κ1) is 21.5. The van der Waals surface area contributed by atoms with Gasteiger partial charge in [0, 0.05) is 30.9 Å². The van der Waals surface area contributed by atoms with Crippen molar-refractivity contribution in [3.05, 3.63) is 66.2 Å². The predicted molar refractivity (Wildman–Crippen MR) is 131 cm³/mol. The molecule has 4 heteroatoms. The minimum atomic E-state index is -0.390. The van der Waals surface area contributed by atoms with Gasteiger partial charge in [-0.15, -0.1) is 0 Å². The van der Waals surface area contributed by atoms with Crippen LogP contribution in [0, 0.1) is 0 Å². The van der Waals surface area contributed by atoms with Gasteiger partial charge in [0.15, 0.2) is 0 Å². The van der Waals surface area contributed by atoms with Gasteiger partial charge in [-0.3, -0.25) is 9.69 Å². The maximum absolute atomic E-state index is 13.7. The van der Waals surface area contributed by atoms with E-state index in [0.717, 1.165) is 25.9 Å². The molecule has 0 radical (unpaired) electrons. The van der Waals surface area contributed by atoms with Crippen LogP contribution in [0.4, 0.5) is 5.69 Å². The minimum absolute atomic E-state index is 0.229. The van der Waals surface area contributed by atoms with Gasteiger partial charge in [-0.05, 0) is 63.1 Å². The van der Waals surface area contributed by atoms with Crippen LogP contribution < -0.4 is 4.90 Å². The fourth-order valence-corrected chi connectivity index (χ4v) is 6.42. The first-order chi connectivity index (χ1) is 15.6. The van der Waals surface area contributed by atoms with Gasteiger partial charge >= 0.3 is 0 Å². The van der Waals surface area contributed by atoms with Gasteiger partial charge in [-0.2, -0.15) is 0 Å². The summed E-state index contributed by atoms with van der Waals surface area (Å²) < 4.78 is 0. The van der Waals surface area contributed by atoms with Crippen molar-refractivity contribution in [2.45, 2.75) is 75.9 Å². The molecule has 1 aliphatic carbocycles. The topological polar surface area (TPSA) is 26.8 Å². The summed E-state index contributed by atoms with van der Waals surface area (Å²) in [6.45, 7) is 7.00. The average molecular weight is 432 g/mol. The van der Waals surface area contributed by atoms with Crippen LogP contribution in [0.2, 0.25) is 0 Å². The van der Waals surface area contributed by atoms with Gasteiger partial charge in [0.1, 0.15) is 5.54 Å². The highest BCUT2D eigenvalue weighted by atomic mass is 16.2. The van der Waals surface area contributed by atoms with Crippen LogP contribution in [0.5, 0.6) is 0 Å². The number of rotatable bonds is 4. The number of carbonyl (C=O) groups excluding carboxylic acids is 1. The van der Waals surface area contributed by atoms with Gasteiger partial charge in [-0.1, -0.05) is 61.4 Å². The number of benzene rings is 2. The van der Waals surface area contributed by atoms with E-state index in [-0.39, 0.29) is 11.6 Å². The Morgan fingerprint density at radius 1 is 0.875 bits per heavy atom. The minimum Gasteiger partial charge on any atom is -0.339 e. The molecule has 0 aromatic heterocycles. The number of piperidine rings is 1. The normalized spacial score (nSPS) is 26.3. The summed E-state index contributed by atoms with van der Waals surface area (Å²) in [5.74, 6) is 0.954. The molecule has 4 nitrogen and oxygen atoms in total. The van der Waals surface area contributed by atoms with Crippen LogP contribution in [0.1, 0.15) is 63.9 Å². The molecule has 32 heavy (non-hydrogen) atoms. The molecule has 0 bridgehead atoms. The molecule has 1 spiro atoms. The Kier molecular flexibility index (Phi) is 5.98. The maximum atomic E-state index is 13.7. The molecule has 170 valence electrons. The summed E-state index contributed by atoms with van der Waals surface area (Å²) in [5, 5.41) is 0. The van der Waals surface area contributed by atoms with Crippen LogP contribution in [0.15, 0.2) is 60.7 Å². The van der Waals surface area contributed by atoms with E-state index in [1.54, 1.807) is 0 Å². The summed E-state index contributed by atoms with van der Waals surface area (Å²) in [4.78, 5) is 20.9. The zero-order chi connectivity index (χ0) is 22.1. The maximum Gasteiger partial charge on any atom is 0.250 e. The number of anilines is 1. The van der Waals surface area contributed by atoms with E-state index in [1.165, 1.54) is 36.9 Å². The van der Waals surface area contributed by atoms with Crippen molar-refractivity contribution in [2.24, 2.45) is 0 Å². The fourth-order valence-electron chi connectivity index (χ4n) is 6.42. The summed E-state index contributed by atoms with van der Waals surface area (Å²) in [6.07, 6.45) is 7.06. The molecule has 1 amide bonds. The Bertz CT molecular complexity index is 905. The summed E-state index contributed by atoms with van der Waals surface area (Å²) in [7, 11) is 0. The Morgan fingerprint density at radius 3 is 2.16 bits per heavy atom. The van der Waals surface area contributed by atoms with E-state index in [2.05, 4.69) is 89.2 Å². The van der Waals surface area contributed by atoms with Crippen LogP contribution in [0.3, 0.4) is 0 Å². The molecule has 2 atom stereocenters. The van der Waals surface area contributed by atoms with E-state index < -0.39 is 0 Å². The number of para-hydroxylation sites is 1. The van der Waals surface area contributed by atoms with Crippen molar-refractivity contribution in [3.63, 3.8) is 0 Å².